The molecule has 0 heterocycles. The molecule has 0 spiro atoms. The van der Waals surface area contributed by atoms with E-state index in [1.807, 2.05) is 6.08 Å². The summed E-state index contributed by atoms with van der Waals surface area (Å²) < 4.78 is 0. The molecule has 11 heavy (non-hydrogen) atoms. The maximum absolute atomic E-state index is 10.2. The predicted molar refractivity (Wildman–Crippen MR) is 48.4 cm³/mol. The van der Waals surface area contributed by atoms with Gasteiger partial charge in [0, 0.05) is 0 Å². The van der Waals surface area contributed by atoms with Gasteiger partial charge in [0.2, 0.25) is 0 Å². The molecule has 0 aliphatic carbocycles. The highest BCUT2D eigenvalue weighted by atomic mass is 16.1. The summed E-state index contributed by atoms with van der Waals surface area (Å²) in [5, 5.41) is 0. The van der Waals surface area contributed by atoms with Gasteiger partial charge in [0.1, 0.15) is 6.29 Å². The van der Waals surface area contributed by atoms with E-state index in [0.717, 1.165) is 18.3 Å². The van der Waals surface area contributed by atoms with Crippen LogP contribution in [0.5, 0.6) is 0 Å². The zero-order valence-corrected chi connectivity index (χ0v) is 7.55. The number of rotatable bonds is 4. The first-order chi connectivity index (χ1) is 5.07. The molecule has 0 aromatic rings. The second-order valence-corrected chi connectivity index (χ2v) is 3.08. The quantitative estimate of drug-likeness (QED) is 0.344. The summed E-state index contributed by atoms with van der Waals surface area (Å²) in [6.45, 7) is 9.91. The van der Waals surface area contributed by atoms with E-state index in [2.05, 4.69) is 20.4 Å². The number of carbonyl (C=O) groups is 1. The fourth-order valence-corrected chi connectivity index (χ4v) is 0.576. The first kappa shape index (κ1) is 10.2. The van der Waals surface area contributed by atoms with Gasteiger partial charge in [-0.3, -0.25) is 4.79 Å². The molecule has 0 saturated carbocycles. The highest BCUT2D eigenvalue weighted by Gasteiger charge is 1.96. The summed E-state index contributed by atoms with van der Waals surface area (Å²) in [5.74, 6) is 0.505. The van der Waals surface area contributed by atoms with Gasteiger partial charge in [-0.15, -0.1) is 0 Å². The first-order valence-electron chi connectivity index (χ1n) is 3.87. The second kappa shape index (κ2) is 4.89. The Morgan fingerprint density at radius 2 is 2.09 bits per heavy atom. The minimum atomic E-state index is 0.505. The number of carbonyl (C=O) groups excluding carboxylic acids is 1. The van der Waals surface area contributed by atoms with Gasteiger partial charge in [-0.05, 0) is 24.8 Å². The third kappa shape index (κ3) is 4.54. The van der Waals surface area contributed by atoms with Gasteiger partial charge >= 0.3 is 0 Å². The van der Waals surface area contributed by atoms with E-state index in [1.54, 1.807) is 6.92 Å². The molecule has 0 atom stereocenters. The Bertz CT molecular complexity index is 175. The summed E-state index contributed by atoms with van der Waals surface area (Å²) >= 11 is 0. The molecule has 0 unspecified atom stereocenters. The molecule has 1 nitrogen and oxygen atoms in total. The van der Waals surface area contributed by atoms with Crippen molar-refractivity contribution in [3.05, 3.63) is 23.8 Å². The van der Waals surface area contributed by atoms with Gasteiger partial charge in [-0.25, -0.2) is 0 Å². The van der Waals surface area contributed by atoms with Crippen molar-refractivity contribution in [2.45, 2.75) is 27.2 Å². The standard InChI is InChI=1S/C10H16O/c1-8(2)10(4)6-5-9(3)7-11/h5,7-8H,4,6H2,1-3H3. The molecule has 0 bridgehead atoms. The molecule has 0 aromatic heterocycles. The van der Waals surface area contributed by atoms with Crippen molar-refractivity contribution in [2.75, 3.05) is 0 Å². The Hall–Kier alpha value is -0.850. The highest BCUT2D eigenvalue weighted by molar-refractivity contribution is 5.72. The van der Waals surface area contributed by atoms with E-state index in [9.17, 15) is 4.79 Å². The summed E-state index contributed by atoms with van der Waals surface area (Å²) in [7, 11) is 0. The lowest BCUT2D eigenvalue weighted by Gasteiger charge is -2.05. The van der Waals surface area contributed by atoms with Crippen LogP contribution < -0.4 is 0 Å². The highest BCUT2D eigenvalue weighted by Crippen LogP contribution is 2.12. The van der Waals surface area contributed by atoms with Crippen molar-refractivity contribution >= 4 is 6.29 Å². The SMILES string of the molecule is C=C(CC=C(C)C=O)C(C)C. The predicted octanol–water partition coefficient (Wildman–Crippen LogP) is 2.73. The Balaban J connectivity index is 3.88. The summed E-state index contributed by atoms with van der Waals surface area (Å²) in [4.78, 5) is 10.2. The van der Waals surface area contributed by atoms with E-state index >= 15 is 0 Å². The van der Waals surface area contributed by atoms with E-state index < -0.39 is 0 Å². The average Bonchev–Trinajstić information content (AvgIpc) is 1.99. The zero-order chi connectivity index (χ0) is 8.85. The van der Waals surface area contributed by atoms with Crippen LogP contribution in [0.3, 0.4) is 0 Å². The summed E-state index contributed by atoms with van der Waals surface area (Å²) in [6, 6.07) is 0. The molecule has 0 amide bonds. The van der Waals surface area contributed by atoms with E-state index in [4.69, 9.17) is 0 Å². The van der Waals surface area contributed by atoms with Crippen LogP contribution in [-0.2, 0) is 4.79 Å². The number of allylic oxidation sites excluding steroid dienone is 3. The number of hydrogen-bond donors (Lipinski definition) is 0. The van der Waals surface area contributed by atoms with Gasteiger partial charge in [-0.2, -0.15) is 0 Å². The number of hydrogen-bond acceptors (Lipinski definition) is 1. The van der Waals surface area contributed by atoms with Gasteiger partial charge in [0.25, 0.3) is 0 Å². The van der Waals surface area contributed by atoms with Crippen molar-refractivity contribution in [1.29, 1.82) is 0 Å². The van der Waals surface area contributed by atoms with Crippen molar-refractivity contribution in [1.82, 2.24) is 0 Å². The molecule has 0 aliphatic rings. The molecule has 62 valence electrons. The first-order valence-corrected chi connectivity index (χ1v) is 3.87. The molecule has 0 saturated heterocycles. The van der Waals surface area contributed by atoms with E-state index in [1.165, 1.54) is 5.57 Å². The van der Waals surface area contributed by atoms with Gasteiger partial charge < -0.3 is 0 Å². The normalized spacial score (nSPS) is 11.8. The van der Waals surface area contributed by atoms with Crippen molar-refractivity contribution < 1.29 is 4.79 Å². The van der Waals surface area contributed by atoms with Crippen molar-refractivity contribution in [3.63, 3.8) is 0 Å². The summed E-state index contributed by atoms with van der Waals surface area (Å²) in [5.41, 5.74) is 1.96. The molecular weight excluding hydrogens is 136 g/mol. The maximum atomic E-state index is 10.2. The van der Waals surface area contributed by atoms with Gasteiger partial charge in [0.15, 0.2) is 0 Å². The van der Waals surface area contributed by atoms with Gasteiger partial charge in [-0.1, -0.05) is 32.1 Å². The second-order valence-electron chi connectivity index (χ2n) is 3.08. The molecule has 0 fully saturated rings. The fourth-order valence-electron chi connectivity index (χ4n) is 0.576. The zero-order valence-electron chi connectivity index (χ0n) is 7.55. The van der Waals surface area contributed by atoms with E-state index in [-0.39, 0.29) is 0 Å². The Morgan fingerprint density at radius 1 is 1.55 bits per heavy atom. The third-order valence-corrected chi connectivity index (χ3v) is 1.69. The topological polar surface area (TPSA) is 17.1 Å². The average molecular weight is 152 g/mol. The molecule has 0 aromatic carbocycles. The van der Waals surface area contributed by atoms with Gasteiger partial charge in [0.05, 0.1) is 0 Å². The molecule has 0 radical (unpaired) electrons. The summed E-state index contributed by atoms with van der Waals surface area (Å²) in [6.07, 6.45) is 3.60. The van der Waals surface area contributed by atoms with Crippen LogP contribution in [0.25, 0.3) is 0 Å². The third-order valence-electron chi connectivity index (χ3n) is 1.69. The maximum Gasteiger partial charge on any atom is 0.145 e. The van der Waals surface area contributed by atoms with E-state index in [0.29, 0.717) is 5.92 Å². The molecular formula is C10H16O. The van der Waals surface area contributed by atoms with Crippen LogP contribution in [0.1, 0.15) is 27.2 Å². The van der Waals surface area contributed by atoms with Crippen LogP contribution in [0.2, 0.25) is 0 Å². The Morgan fingerprint density at radius 3 is 2.45 bits per heavy atom. The molecule has 1 heteroatoms. The van der Waals surface area contributed by atoms with Crippen LogP contribution in [0, 0.1) is 5.92 Å². The minimum absolute atomic E-state index is 0.505. The monoisotopic (exact) mass is 152 g/mol. The smallest absolute Gasteiger partial charge is 0.145 e. The van der Waals surface area contributed by atoms with Crippen LogP contribution in [0.15, 0.2) is 23.8 Å². The van der Waals surface area contributed by atoms with Crippen LogP contribution >= 0.6 is 0 Å². The Labute approximate surface area is 68.8 Å². The van der Waals surface area contributed by atoms with Crippen LogP contribution in [-0.4, -0.2) is 6.29 Å². The van der Waals surface area contributed by atoms with Crippen molar-refractivity contribution in [3.8, 4) is 0 Å². The van der Waals surface area contributed by atoms with Crippen molar-refractivity contribution in [2.24, 2.45) is 5.92 Å². The lowest BCUT2D eigenvalue weighted by molar-refractivity contribution is -0.104. The number of aldehydes is 1. The molecule has 0 N–H and O–H groups in total. The molecule has 0 rings (SSSR count). The Kier molecular flexibility index (Phi) is 4.51. The lowest BCUT2D eigenvalue weighted by Crippen LogP contribution is -1.90. The molecule has 0 aliphatic heterocycles. The van der Waals surface area contributed by atoms with Crippen LogP contribution in [0.4, 0.5) is 0 Å². The lowest BCUT2D eigenvalue weighted by atomic mass is 10.0. The minimum Gasteiger partial charge on any atom is -0.298 e. The fraction of sp³-hybridized carbons (Fsp3) is 0.500. The largest absolute Gasteiger partial charge is 0.298 e.